The van der Waals surface area contributed by atoms with Crippen LogP contribution in [0.15, 0.2) is 54.6 Å². The molecule has 6 nitrogen and oxygen atoms in total. The Morgan fingerprint density at radius 1 is 1.00 bits per heavy atom. The molecule has 1 amide bonds. The lowest BCUT2D eigenvalue weighted by Gasteiger charge is -2.22. The number of carbonyl (C=O) groups is 2. The van der Waals surface area contributed by atoms with Crippen molar-refractivity contribution in [2.45, 2.75) is 12.1 Å². The molecule has 0 fully saturated rings. The molecule has 0 spiro atoms. The van der Waals surface area contributed by atoms with E-state index in [9.17, 15) is 14.7 Å². The number of esters is 1. The fourth-order valence-electron chi connectivity index (χ4n) is 2.20. The first-order valence-corrected chi connectivity index (χ1v) is 7.32. The highest BCUT2D eigenvalue weighted by Crippen LogP contribution is 2.21. The Kier molecular flexibility index (Phi) is 5.92. The summed E-state index contributed by atoms with van der Waals surface area (Å²) in [4.78, 5) is 24.3. The lowest BCUT2D eigenvalue weighted by molar-refractivity contribution is -0.146. The van der Waals surface area contributed by atoms with Crippen molar-refractivity contribution in [3.63, 3.8) is 0 Å². The first-order chi connectivity index (χ1) is 11.6. The number of aliphatic hydroxyl groups excluding tert-OH is 1. The van der Waals surface area contributed by atoms with Crippen molar-refractivity contribution in [2.75, 3.05) is 14.2 Å². The number of nitrogens with one attached hydrogen (secondary N) is 1. The van der Waals surface area contributed by atoms with Gasteiger partial charge in [-0.15, -0.1) is 0 Å². The molecule has 2 rings (SSSR count). The standard InChI is InChI=1S/C18H19NO5/c1-23-14-10-8-12(9-11-14)16(20)15(18(22)24-2)19-17(21)13-6-4-3-5-7-13/h3-11,15-16,20H,1-2H3,(H,19,21)/t15-,16-/m0/s1. The number of hydrogen-bond donors (Lipinski definition) is 2. The minimum absolute atomic E-state index is 0.383. The van der Waals surface area contributed by atoms with Crippen molar-refractivity contribution in [3.05, 3.63) is 65.7 Å². The van der Waals surface area contributed by atoms with E-state index >= 15 is 0 Å². The van der Waals surface area contributed by atoms with Gasteiger partial charge in [-0.25, -0.2) is 4.79 Å². The van der Waals surface area contributed by atoms with Crippen LogP contribution in [-0.2, 0) is 9.53 Å². The molecule has 0 unspecified atom stereocenters. The van der Waals surface area contributed by atoms with Crippen molar-refractivity contribution >= 4 is 11.9 Å². The van der Waals surface area contributed by atoms with Crippen LogP contribution in [0.1, 0.15) is 22.0 Å². The Bertz CT molecular complexity index is 684. The van der Waals surface area contributed by atoms with Crippen molar-refractivity contribution in [3.8, 4) is 5.75 Å². The zero-order valence-electron chi connectivity index (χ0n) is 13.4. The van der Waals surface area contributed by atoms with Crippen LogP contribution in [0.3, 0.4) is 0 Å². The molecular weight excluding hydrogens is 310 g/mol. The lowest BCUT2D eigenvalue weighted by atomic mass is 10.0. The van der Waals surface area contributed by atoms with Crippen LogP contribution in [0.2, 0.25) is 0 Å². The predicted octanol–water partition coefficient (Wildman–Crippen LogP) is 1.70. The number of carbonyl (C=O) groups excluding carboxylic acids is 2. The summed E-state index contributed by atoms with van der Waals surface area (Å²) >= 11 is 0. The second-order valence-electron chi connectivity index (χ2n) is 5.06. The Labute approximate surface area is 140 Å². The molecule has 0 saturated heterocycles. The maximum absolute atomic E-state index is 12.3. The second kappa shape index (κ2) is 8.12. The minimum Gasteiger partial charge on any atom is -0.497 e. The van der Waals surface area contributed by atoms with E-state index < -0.39 is 24.0 Å². The lowest BCUT2D eigenvalue weighted by Crippen LogP contribution is -2.45. The van der Waals surface area contributed by atoms with Gasteiger partial charge in [-0.05, 0) is 29.8 Å². The highest BCUT2D eigenvalue weighted by atomic mass is 16.5. The maximum Gasteiger partial charge on any atom is 0.331 e. The molecule has 2 N–H and O–H groups in total. The summed E-state index contributed by atoms with van der Waals surface area (Å²) in [6, 6.07) is 13.8. The van der Waals surface area contributed by atoms with Gasteiger partial charge in [-0.2, -0.15) is 0 Å². The highest BCUT2D eigenvalue weighted by Gasteiger charge is 2.31. The summed E-state index contributed by atoms with van der Waals surface area (Å²) in [5.74, 6) is -0.588. The zero-order valence-corrected chi connectivity index (χ0v) is 13.4. The third-order valence-corrected chi connectivity index (χ3v) is 3.55. The number of amides is 1. The zero-order chi connectivity index (χ0) is 17.5. The molecule has 2 aromatic rings. The molecule has 0 aliphatic rings. The van der Waals surface area contributed by atoms with Crippen LogP contribution < -0.4 is 10.1 Å². The van der Waals surface area contributed by atoms with E-state index in [-0.39, 0.29) is 0 Å². The average Bonchev–Trinajstić information content (AvgIpc) is 2.65. The molecule has 0 aliphatic carbocycles. The van der Waals surface area contributed by atoms with Gasteiger partial charge in [-0.1, -0.05) is 30.3 Å². The predicted molar refractivity (Wildman–Crippen MR) is 87.7 cm³/mol. The van der Waals surface area contributed by atoms with E-state index in [1.54, 1.807) is 54.6 Å². The summed E-state index contributed by atoms with van der Waals surface area (Å²) in [5.41, 5.74) is 0.841. The fourth-order valence-corrected chi connectivity index (χ4v) is 2.20. The van der Waals surface area contributed by atoms with E-state index in [0.29, 0.717) is 16.9 Å². The van der Waals surface area contributed by atoms with E-state index in [1.165, 1.54) is 14.2 Å². The average molecular weight is 329 g/mol. The number of methoxy groups -OCH3 is 2. The largest absolute Gasteiger partial charge is 0.497 e. The third-order valence-electron chi connectivity index (χ3n) is 3.55. The molecule has 24 heavy (non-hydrogen) atoms. The quantitative estimate of drug-likeness (QED) is 0.788. The van der Waals surface area contributed by atoms with Crippen LogP contribution in [0.5, 0.6) is 5.75 Å². The van der Waals surface area contributed by atoms with E-state index in [2.05, 4.69) is 5.32 Å². The molecule has 0 bridgehead atoms. The van der Waals surface area contributed by atoms with Gasteiger partial charge in [0, 0.05) is 5.56 Å². The summed E-state index contributed by atoms with van der Waals surface area (Å²) in [6.45, 7) is 0. The van der Waals surface area contributed by atoms with Crippen molar-refractivity contribution in [1.29, 1.82) is 0 Å². The van der Waals surface area contributed by atoms with Gasteiger partial charge in [0.2, 0.25) is 0 Å². The first-order valence-electron chi connectivity index (χ1n) is 7.32. The molecule has 2 atom stereocenters. The molecule has 6 heteroatoms. The Hall–Kier alpha value is -2.86. The van der Waals surface area contributed by atoms with Crippen molar-refractivity contribution in [2.24, 2.45) is 0 Å². The Morgan fingerprint density at radius 3 is 2.17 bits per heavy atom. The summed E-state index contributed by atoms with van der Waals surface area (Å²) in [7, 11) is 2.73. The number of ether oxygens (including phenoxy) is 2. The smallest absolute Gasteiger partial charge is 0.331 e. The Balaban J connectivity index is 2.20. The van der Waals surface area contributed by atoms with Crippen LogP contribution in [0.4, 0.5) is 0 Å². The minimum atomic E-state index is -1.25. The molecular formula is C18H19NO5. The van der Waals surface area contributed by atoms with Crippen LogP contribution in [0, 0.1) is 0 Å². The molecule has 0 radical (unpaired) electrons. The number of benzene rings is 2. The van der Waals surface area contributed by atoms with Crippen molar-refractivity contribution in [1.82, 2.24) is 5.32 Å². The Morgan fingerprint density at radius 2 is 1.62 bits per heavy atom. The van der Waals surface area contributed by atoms with Crippen molar-refractivity contribution < 1.29 is 24.2 Å². The topological polar surface area (TPSA) is 84.9 Å². The monoisotopic (exact) mass is 329 g/mol. The molecule has 2 aromatic carbocycles. The number of rotatable bonds is 6. The molecule has 0 aromatic heterocycles. The van der Waals surface area contributed by atoms with Gasteiger partial charge in [0.25, 0.3) is 5.91 Å². The third kappa shape index (κ3) is 4.11. The molecule has 0 aliphatic heterocycles. The second-order valence-corrected chi connectivity index (χ2v) is 5.06. The van der Waals surface area contributed by atoms with E-state index in [1.807, 2.05) is 0 Å². The first kappa shape index (κ1) is 17.5. The molecule has 0 heterocycles. The summed E-state index contributed by atoms with van der Waals surface area (Å²) in [5, 5.41) is 13.0. The highest BCUT2D eigenvalue weighted by molar-refractivity contribution is 5.96. The van der Waals surface area contributed by atoms with Crippen LogP contribution in [0.25, 0.3) is 0 Å². The normalized spacial score (nSPS) is 12.8. The number of hydrogen-bond acceptors (Lipinski definition) is 5. The maximum atomic E-state index is 12.3. The van der Waals surface area contributed by atoms with Gasteiger partial charge in [0.05, 0.1) is 14.2 Å². The van der Waals surface area contributed by atoms with Crippen LogP contribution >= 0.6 is 0 Å². The van der Waals surface area contributed by atoms with Gasteiger partial charge in [0.15, 0.2) is 6.04 Å². The summed E-state index contributed by atoms with van der Waals surface area (Å²) < 4.78 is 9.76. The van der Waals surface area contributed by atoms with E-state index in [4.69, 9.17) is 9.47 Å². The van der Waals surface area contributed by atoms with Crippen LogP contribution in [-0.4, -0.2) is 37.2 Å². The van der Waals surface area contributed by atoms with Gasteiger partial charge >= 0.3 is 5.97 Å². The van der Waals surface area contributed by atoms with Gasteiger partial charge < -0.3 is 19.9 Å². The fraction of sp³-hybridized carbons (Fsp3) is 0.222. The molecule has 126 valence electrons. The molecule has 0 saturated carbocycles. The summed E-state index contributed by atoms with van der Waals surface area (Å²) in [6.07, 6.45) is -1.25. The van der Waals surface area contributed by atoms with E-state index in [0.717, 1.165) is 0 Å². The van der Waals surface area contributed by atoms with Gasteiger partial charge in [0.1, 0.15) is 11.9 Å². The number of aliphatic hydroxyl groups is 1. The SMILES string of the molecule is COC(=O)[C@@H](NC(=O)c1ccccc1)[C@@H](O)c1ccc(OC)cc1. The van der Waals surface area contributed by atoms with Gasteiger partial charge in [-0.3, -0.25) is 4.79 Å².